The number of sulfonamides is 1. The number of benzene rings is 1. The van der Waals surface area contributed by atoms with Crippen molar-refractivity contribution in [3.63, 3.8) is 0 Å². The molecule has 0 aliphatic heterocycles. The van der Waals surface area contributed by atoms with Crippen molar-refractivity contribution in [2.24, 2.45) is 0 Å². The highest BCUT2D eigenvalue weighted by Gasteiger charge is 2.16. The summed E-state index contributed by atoms with van der Waals surface area (Å²) in [6.45, 7) is 2.06. The van der Waals surface area contributed by atoms with Crippen LogP contribution in [-0.4, -0.2) is 39.9 Å². The Bertz CT molecular complexity index is 510. The quantitative estimate of drug-likeness (QED) is 0.503. The van der Waals surface area contributed by atoms with Crippen molar-refractivity contribution >= 4 is 27.3 Å². The molecular weight excluding hydrogens is 292 g/mol. The number of nitrogens with two attached hydrogens (primary N) is 1. The monoisotopic (exact) mass is 308 g/mol. The molecule has 0 saturated heterocycles. The molecule has 0 atom stereocenters. The Balaban J connectivity index is 2.72. The zero-order chi connectivity index (χ0) is 14.5. The van der Waals surface area contributed by atoms with Gasteiger partial charge in [0, 0.05) is 6.54 Å². The molecule has 0 bridgehead atoms. The molecule has 0 aromatic heterocycles. The average Bonchev–Trinajstić information content (AvgIpc) is 2.35. The number of aryl methyl sites for hydroxylation is 1. The molecule has 8 heteroatoms. The third kappa shape index (κ3) is 4.63. The third-order valence-electron chi connectivity index (χ3n) is 2.34. The smallest absolute Gasteiger partial charge is 0.240 e. The van der Waals surface area contributed by atoms with Gasteiger partial charge in [-0.3, -0.25) is 0 Å². The van der Waals surface area contributed by atoms with Crippen molar-refractivity contribution in [2.45, 2.75) is 11.8 Å². The molecule has 19 heavy (non-hydrogen) atoms. The first kappa shape index (κ1) is 16.2. The van der Waals surface area contributed by atoms with Gasteiger partial charge in [0.2, 0.25) is 10.0 Å². The Morgan fingerprint density at radius 1 is 1.42 bits per heavy atom. The van der Waals surface area contributed by atoms with E-state index in [0.29, 0.717) is 10.6 Å². The molecule has 0 saturated carbocycles. The number of nitrogen functional groups attached to an aromatic ring is 1. The van der Waals surface area contributed by atoms with Gasteiger partial charge >= 0.3 is 0 Å². The number of ether oxygens (including phenoxy) is 1. The van der Waals surface area contributed by atoms with Crippen LogP contribution in [0, 0.1) is 6.92 Å². The van der Waals surface area contributed by atoms with Crippen molar-refractivity contribution in [3.8, 4) is 0 Å². The molecule has 6 nitrogen and oxygen atoms in total. The molecule has 1 rings (SSSR count). The van der Waals surface area contributed by atoms with E-state index in [1.54, 1.807) is 6.92 Å². The molecule has 0 aliphatic carbocycles. The number of hydrogen-bond donors (Lipinski definition) is 3. The summed E-state index contributed by atoms with van der Waals surface area (Å²) in [5, 5.41) is 8.85. The molecule has 0 radical (unpaired) electrons. The van der Waals surface area contributed by atoms with E-state index in [1.807, 2.05) is 0 Å². The first-order chi connectivity index (χ1) is 8.88. The summed E-state index contributed by atoms with van der Waals surface area (Å²) in [6, 6.07) is 2.77. The van der Waals surface area contributed by atoms with Crippen LogP contribution in [0.25, 0.3) is 0 Å². The maximum Gasteiger partial charge on any atom is 0.240 e. The standard InChI is InChI=1S/C11H17ClN2O4S/c1-8-6-9(7-10(13)11(8)12)19(16,17)14-2-4-18-5-3-15/h6-7,14-15H,2-5,13H2,1H3. The van der Waals surface area contributed by atoms with Crippen LogP contribution in [0.4, 0.5) is 5.69 Å². The van der Waals surface area contributed by atoms with E-state index >= 15 is 0 Å². The first-order valence-corrected chi connectivity index (χ1v) is 7.48. The second-order valence-corrected chi connectivity index (χ2v) is 6.02. The van der Waals surface area contributed by atoms with E-state index in [1.165, 1.54) is 12.1 Å². The fourth-order valence-electron chi connectivity index (χ4n) is 1.42. The number of halogens is 1. The SMILES string of the molecule is Cc1cc(S(=O)(=O)NCCOCCO)cc(N)c1Cl. The molecule has 1 aromatic rings. The Hall–Kier alpha value is -0.860. The molecule has 0 fully saturated rings. The Morgan fingerprint density at radius 2 is 2.11 bits per heavy atom. The Kier molecular flexibility index (Phi) is 6.02. The maximum absolute atomic E-state index is 12.0. The van der Waals surface area contributed by atoms with Crippen LogP contribution >= 0.6 is 11.6 Å². The van der Waals surface area contributed by atoms with Crippen LogP contribution in [0.1, 0.15) is 5.56 Å². The molecular formula is C11H17ClN2O4S. The topological polar surface area (TPSA) is 102 Å². The number of aliphatic hydroxyl groups excluding tert-OH is 1. The highest BCUT2D eigenvalue weighted by molar-refractivity contribution is 7.89. The van der Waals surface area contributed by atoms with E-state index in [0.717, 1.165) is 0 Å². The third-order valence-corrected chi connectivity index (χ3v) is 4.30. The van der Waals surface area contributed by atoms with E-state index in [4.69, 9.17) is 27.2 Å². The first-order valence-electron chi connectivity index (χ1n) is 5.62. The summed E-state index contributed by atoms with van der Waals surface area (Å²) in [4.78, 5) is 0.0639. The van der Waals surface area contributed by atoms with Gasteiger partial charge in [0.15, 0.2) is 0 Å². The van der Waals surface area contributed by atoms with Crippen LogP contribution < -0.4 is 10.5 Å². The molecule has 0 unspecified atom stereocenters. The lowest BCUT2D eigenvalue weighted by atomic mass is 10.2. The zero-order valence-electron chi connectivity index (χ0n) is 10.5. The summed E-state index contributed by atoms with van der Waals surface area (Å²) >= 11 is 5.88. The maximum atomic E-state index is 12.0. The fraction of sp³-hybridized carbons (Fsp3) is 0.455. The molecule has 1 aromatic carbocycles. The number of hydrogen-bond acceptors (Lipinski definition) is 5. The molecule has 108 valence electrons. The minimum absolute atomic E-state index is 0.0639. The van der Waals surface area contributed by atoms with Crippen molar-refractivity contribution in [2.75, 3.05) is 32.1 Å². The van der Waals surface area contributed by atoms with Gasteiger partial charge in [-0.1, -0.05) is 11.6 Å². The molecule has 0 heterocycles. The minimum Gasteiger partial charge on any atom is -0.397 e. The van der Waals surface area contributed by atoms with Gasteiger partial charge in [0.05, 0.1) is 35.4 Å². The molecule has 0 spiro atoms. The van der Waals surface area contributed by atoms with Gasteiger partial charge in [-0.05, 0) is 24.6 Å². The molecule has 0 aliphatic rings. The van der Waals surface area contributed by atoms with Crippen molar-refractivity contribution in [3.05, 3.63) is 22.7 Å². The lowest BCUT2D eigenvalue weighted by molar-refractivity contribution is 0.0961. The summed E-state index contributed by atoms with van der Waals surface area (Å²) in [7, 11) is -3.64. The van der Waals surface area contributed by atoms with Crippen molar-refractivity contribution in [1.29, 1.82) is 0 Å². The van der Waals surface area contributed by atoms with Crippen LogP contribution in [0.15, 0.2) is 17.0 Å². The molecule has 4 N–H and O–H groups in total. The summed E-state index contributed by atoms with van der Waals surface area (Å²) in [5.74, 6) is 0. The van der Waals surface area contributed by atoms with Gasteiger partial charge in [-0.2, -0.15) is 0 Å². The Labute approximate surface area is 117 Å². The van der Waals surface area contributed by atoms with Gasteiger partial charge in [0.25, 0.3) is 0 Å². The predicted molar refractivity (Wildman–Crippen MR) is 73.7 cm³/mol. The normalized spacial score (nSPS) is 11.7. The largest absolute Gasteiger partial charge is 0.397 e. The summed E-state index contributed by atoms with van der Waals surface area (Å²) in [5.41, 5.74) is 6.45. The highest BCUT2D eigenvalue weighted by Crippen LogP contribution is 2.26. The van der Waals surface area contributed by atoms with Gasteiger partial charge in [0.1, 0.15) is 0 Å². The van der Waals surface area contributed by atoms with Gasteiger partial charge in [-0.15, -0.1) is 0 Å². The lowest BCUT2D eigenvalue weighted by Crippen LogP contribution is -2.28. The zero-order valence-corrected chi connectivity index (χ0v) is 12.1. The van der Waals surface area contributed by atoms with Crippen LogP contribution in [-0.2, 0) is 14.8 Å². The van der Waals surface area contributed by atoms with Crippen LogP contribution in [0.3, 0.4) is 0 Å². The Morgan fingerprint density at radius 3 is 2.68 bits per heavy atom. The van der Waals surface area contributed by atoms with Gasteiger partial charge < -0.3 is 15.6 Å². The minimum atomic E-state index is -3.64. The highest BCUT2D eigenvalue weighted by atomic mass is 35.5. The number of anilines is 1. The lowest BCUT2D eigenvalue weighted by Gasteiger charge is -2.10. The number of rotatable bonds is 7. The second-order valence-electron chi connectivity index (χ2n) is 3.88. The van der Waals surface area contributed by atoms with Crippen molar-refractivity contribution in [1.82, 2.24) is 4.72 Å². The number of nitrogens with one attached hydrogen (secondary N) is 1. The van der Waals surface area contributed by atoms with E-state index < -0.39 is 10.0 Å². The van der Waals surface area contributed by atoms with Crippen molar-refractivity contribution < 1.29 is 18.3 Å². The number of aliphatic hydroxyl groups is 1. The van der Waals surface area contributed by atoms with E-state index in [2.05, 4.69) is 4.72 Å². The average molecular weight is 309 g/mol. The second kappa shape index (κ2) is 7.06. The van der Waals surface area contributed by atoms with Crippen LogP contribution in [0.5, 0.6) is 0 Å². The van der Waals surface area contributed by atoms with E-state index in [-0.39, 0.29) is 36.9 Å². The van der Waals surface area contributed by atoms with Gasteiger partial charge in [-0.25, -0.2) is 13.1 Å². The summed E-state index contributed by atoms with van der Waals surface area (Å²) in [6.07, 6.45) is 0. The van der Waals surface area contributed by atoms with E-state index in [9.17, 15) is 8.42 Å². The predicted octanol–water partition coefficient (Wildman–Crippen LogP) is 0.518. The fourth-order valence-corrected chi connectivity index (χ4v) is 2.66. The molecule has 0 amide bonds. The summed E-state index contributed by atoms with van der Waals surface area (Å²) < 4.78 is 31.3. The van der Waals surface area contributed by atoms with Crippen LogP contribution in [0.2, 0.25) is 5.02 Å².